The number of anilines is 2. The standard InChI is InChI=1S/C25H27N3O5/c1-15-22(29)26-19-14-18(11-12-21(19)28(15)24(31)17-9-5-6-10-17)23(30)27-20(25(32)33)13-16-7-3-2-4-8-16/h2-4,7-8,11-12,14-15,17,20H,5-6,9-10,13H2,1H3,(H,26,29)(H,27,30)(H,32,33). The van der Waals surface area contributed by atoms with Crippen LogP contribution in [0.5, 0.6) is 0 Å². The highest BCUT2D eigenvalue weighted by atomic mass is 16.4. The molecule has 0 saturated heterocycles. The van der Waals surface area contributed by atoms with Crippen LogP contribution in [0.25, 0.3) is 0 Å². The first-order valence-electron chi connectivity index (χ1n) is 11.2. The number of nitrogens with zero attached hydrogens (tertiary/aromatic N) is 1. The van der Waals surface area contributed by atoms with Crippen LogP contribution in [0.1, 0.15) is 48.5 Å². The molecule has 172 valence electrons. The summed E-state index contributed by atoms with van der Waals surface area (Å²) in [6, 6.07) is 12.0. The molecule has 1 heterocycles. The van der Waals surface area contributed by atoms with E-state index in [0.29, 0.717) is 11.4 Å². The third-order valence-electron chi connectivity index (χ3n) is 6.37. The highest BCUT2D eigenvalue weighted by Crippen LogP contribution is 2.36. The van der Waals surface area contributed by atoms with Gasteiger partial charge in [-0.1, -0.05) is 43.2 Å². The second-order valence-electron chi connectivity index (χ2n) is 8.64. The van der Waals surface area contributed by atoms with E-state index in [-0.39, 0.29) is 29.7 Å². The van der Waals surface area contributed by atoms with Crippen LogP contribution in [0.3, 0.4) is 0 Å². The highest BCUT2D eigenvalue weighted by Gasteiger charge is 2.38. The number of aliphatic carboxylic acids is 1. The molecule has 3 N–H and O–H groups in total. The van der Waals surface area contributed by atoms with Crippen molar-refractivity contribution in [2.24, 2.45) is 5.92 Å². The van der Waals surface area contributed by atoms with Crippen LogP contribution in [-0.2, 0) is 20.8 Å². The van der Waals surface area contributed by atoms with Crippen molar-refractivity contribution in [2.75, 3.05) is 10.2 Å². The maximum atomic E-state index is 13.1. The van der Waals surface area contributed by atoms with E-state index in [1.54, 1.807) is 31.2 Å². The Kier molecular flexibility index (Phi) is 6.44. The lowest BCUT2D eigenvalue weighted by Crippen LogP contribution is -2.51. The molecule has 3 amide bonds. The van der Waals surface area contributed by atoms with Crippen LogP contribution in [0.15, 0.2) is 48.5 Å². The fourth-order valence-electron chi connectivity index (χ4n) is 4.52. The second-order valence-corrected chi connectivity index (χ2v) is 8.64. The number of carboxylic acid groups (broad SMARTS) is 1. The van der Waals surface area contributed by atoms with E-state index in [2.05, 4.69) is 10.6 Å². The summed E-state index contributed by atoms with van der Waals surface area (Å²) in [5.41, 5.74) is 1.91. The number of nitrogens with one attached hydrogen (secondary N) is 2. The van der Waals surface area contributed by atoms with Gasteiger partial charge in [0.25, 0.3) is 5.91 Å². The lowest BCUT2D eigenvalue weighted by Gasteiger charge is -2.36. The Bertz CT molecular complexity index is 1080. The van der Waals surface area contributed by atoms with Crippen LogP contribution in [0.4, 0.5) is 11.4 Å². The predicted molar refractivity (Wildman–Crippen MR) is 123 cm³/mol. The summed E-state index contributed by atoms with van der Waals surface area (Å²) in [5.74, 6) is -2.19. The smallest absolute Gasteiger partial charge is 0.326 e. The van der Waals surface area contributed by atoms with Gasteiger partial charge in [-0.3, -0.25) is 19.3 Å². The first-order chi connectivity index (χ1) is 15.8. The topological polar surface area (TPSA) is 116 Å². The molecule has 2 aliphatic rings. The van der Waals surface area contributed by atoms with Gasteiger partial charge in [-0.05, 0) is 43.5 Å². The van der Waals surface area contributed by atoms with Crippen LogP contribution in [-0.4, -0.2) is 40.9 Å². The Balaban J connectivity index is 1.55. The lowest BCUT2D eigenvalue weighted by atomic mass is 10.0. The van der Waals surface area contributed by atoms with Crippen LogP contribution in [0, 0.1) is 5.92 Å². The van der Waals surface area contributed by atoms with Crippen molar-refractivity contribution in [3.63, 3.8) is 0 Å². The minimum absolute atomic E-state index is 0.0675. The van der Waals surface area contributed by atoms with E-state index in [1.807, 2.05) is 18.2 Å². The first kappa shape index (κ1) is 22.5. The summed E-state index contributed by atoms with van der Waals surface area (Å²) in [4.78, 5) is 51.8. The molecule has 2 aromatic rings. The number of carbonyl (C=O) groups is 4. The number of carboxylic acids is 1. The average Bonchev–Trinajstić information content (AvgIpc) is 3.34. The molecule has 0 bridgehead atoms. The fraction of sp³-hybridized carbons (Fsp3) is 0.360. The molecular weight excluding hydrogens is 422 g/mol. The van der Waals surface area contributed by atoms with E-state index in [4.69, 9.17) is 0 Å². The van der Waals surface area contributed by atoms with E-state index in [1.165, 1.54) is 11.0 Å². The Morgan fingerprint density at radius 2 is 1.82 bits per heavy atom. The molecule has 2 aromatic carbocycles. The molecule has 1 saturated carbocycles. The zero-order chi connectivity index (χ0) is 23.5. The molecule has 33 heavy (non-hydrogen) atoms. The quantitative estimate of drug-likeness (QED) is 0.627. The number of rotatable bonds is 6. The fourth-order valence-corrected chi connectivity index (χ4v) is 4.52. The number of amides is 3. The Hall–Kier alpha value is -3.68. The van der Waals surface area contributed by atoms with Gasteiger partial charge in [-0.15, -0.1) is 0 Å². The Morgan fingerprint density at radius 3 is 2.48 bits per heavy atom. The summed E-state index contributed by atoms with van der Waals surface area (Å²) >= 11 is 0. The van der Waals surface area contributed by atoms with Gasteiger partial charge in [0, 0.05) is 17.9 Å². The van der Waals surface area contributed by atoms with Crippen LogP contribution >= 0.6 is 0 Å². The third-order valence-corrected chi connectivity index (χ3v) is 6.37. The van der Waals surface area contributed by atoms with Crippen molar-refractivity contribution >= 4 is 35.1 Å². The molecule has 2 atom stereocenters. The molecule has 0 spiro atoms. The number of benzene rings is 2. The second kappa shape index (κ2) is 9.44. The average molecular weight is 450 g/mol. The predicted octanol–water partition coefficient (Wildman–Crippen LogP) is 2.98. The van der Waals surface area contributed by atoms with Crippen molar-refractivity contribution < 1.29 is 24.3 Å². The van der Waals surface area contributed by atoms with Crippen molar-refractivity contribution in [1.29, 1.82) is 0 Å². The maximum Gasteiger partial charge on any atom is 0.326 e. The van der Waals surface area contributed by atoms with Crippen LogP contribution in [0.2, 0.25) is 0 Å². The van der Waals surface area contributed by atoms with Crippen molar-refractivity contribution in [2.45, 2.75) is 51.1 Å². The van der Waals surface area contributed by atoms with Gasteiger partial charge in [-0.25, -0.2) is 4.79 Å². The molecule has 1 fully saturated rings. The van der Waals surface area contributed by atoms with Crippen molar-refractivity contribution in [3.05, 3.63) is 59.7 Å². The van der Waals surface area contributed by atoms with Gasteiger partial charge in [0.1, 0.15) is 12.1 Å². The zero-order valence-electron chi connectivity index (χ0n) is 18.4. The van der Waals surface area contributed by atoms with E-state index >= 15 is 0 Å². The molecule has 0 aromatic heterocycles. The maximum absolute atomic E-state index is 13.1. The molecule has 1 aliphatic heterocycles. The van der Waals surface area contributed by atoms with Gasteiger partial charge >= 0.3 is 5.97 Å². The lowest BCUT2D eigenvalue weighted by molar-refractivity contribution is -0.139. The molecule has 8 nitrogen and oxygen atoms in total. The molecule has 0 radical (unpaired) electrons. The van der Waals surface area contributed by atoms with Gasteiger partial charge in [0.2, 0.25) is 11.8 Å². The molecular formula is C25H27N3O5. The molecule has 8 heteroatoms. The largest absolute Gasteiger partial charge is 0.480 e. The molecule has 1 aliphatic carbocycles. The zero-order valence-corrected chi connectivity index (χ0v) is 18.4. The molecule has 2 unspecified atom stereocenters. The Labute approximate surface area is 192 Å². The van der Waals surface area contributed by atoms with Gasteiger partial charge < -0.3 is 15.7 Å². The van der Waals surface area contributed by atoms with E-state index in [9.17, 15) is 24.3 Å². The number of hydrogen-bond acceptors (Lipinski definition) is 4. The highest BCUT2D eigenvalue weighted by molar-refractivity contribution is 6.13. The Morgan fingerprint density at radius 1 is 1.12 bits per heavy atom. The van der Waals surface area contributed by atoms with Crippen molar-refractivity contribution in [3.8, 4) is 0 Å². The molecule has 4 rings (SSSR count). The summed E-state index contributed by atoms with van der Waals surface area (Å²) in [6.45, 7) is 1.69. The first-order valence-corrected chi connectivity index (χ1v) is 11.2. The monoisotopic (exact) mass is 449 g/mol. The number of fused-ring (bicyclic) bond motifs is 1. The van der Waals surface area contributed by atoms with E-state index in [0.717, 1.165) is 31.2 Å². The SMILES string of the molecule is CC1C(=O)Nc2cc(C(=O)NC(Cc3ccccc3)C(=O)O)ccc2N1C(=O)C1CCCC1. The normalized spacial score (nSPS) is 18.9. The summed E-state index contributed by atoms with van der Waals surface area (Å²) in [5, 5.41) is 14.9. The van der Waals surface area contributed by atoms with Gasteiger partial charge in [-0.2, -0.15) is 0 Å². The number of carbonyl (C=O) groups excluding carboxylic acids is 3. The summed E-state index contributed by atoms with van der Waals surface area (Å²) < 4.78 is 0. The van der Waals surface area contributed by atoms with Gasteiger partial charge in [0.15, 0.2) is 0 Å². The summed E-state index contributed by atoms with van der Waals surface area (Å²) in [7, 11) is 0. The minimum atomic E-state index is -1.14. The van der Waals surface area contributed by atoms with Crippen molar-refractivity contribution in [1.82, 2.24) is 5.32 Å². The van der Waals surface area contributed by atoms with Crippen LogP contribution < -0.4 is 15.5 Å². The van der Waals surface area contributed by atoms with E-state index < -0.39 is 24.0 Å². The van der Waals surface area contributed by atoms with Gasteiger partial charge in [0.05, 0.1) is 11.4 Å². The third kappa shape index (κ3) is 4.74. The number of hydrogen-bond donors (Lipinski definition) is 3. The minimum Gasteiger partial charge on any atom is -0.480 e. The summed E-state index contributed by atoms with van der Waals surface area (Å²) in [6.07, 6.45) is 3.79.